The Morgan fingerprint density at radius 1 is 1.33 bits per heavy atom. The van der Waals surface area contributed by atoms with Crippen LogP contribution in [0.3, 0.4) is 0 Å². The number of rotatable bonds is 5. The maximum Gasteiger partial charge on any atom is 0.240 e. The summed E-state index contributed by atoms with van der Waals surface area (Å²) in [6.45, 7) is 3.28. The van der Waals surface area contributed by atoms with Crippen LogP contribution in [0.2, 0.25) is 0 Å². The lowest BCUT2D eigenvalue weighted by molar-refractivity contribution is -0.128. The Hall–Kier alpha value is -1.75. The number of hydrogen-bond acceptors (Lipinski definition) is 4. The number of amides is 1. The molecule has 1 amide bonds. The van der Waals surface area contributed by atoms with Crippen LogP contribution < -0.4 is 20.1 Å². The third-order valence-corrected chi connectivity index (χ3v) is 4.05. The first-order chi connectivity index (χ1) is 10.1. The Labute approximate surface area is 126 Å². The van der Waals surface area contributed by atoms with E-state index < -0.39 is 5.54 Å². The molecule has 1 heterocycles. The number of nitrogens with one attached hydrogen (secondary N) is 2. The lowest BCUT2D eigenvalue weighted by atomic mass is 9.90. The Morgan fingerprint density at radius 2 is 2.14 bits per heavy atom. The molecule has 2 N–H and O–H groups in total. The number of carbonyl (C=O) groups excluding carboxylic acids is 1. The van der Waals surface area contributed by atoms with Crippen LogP contribution in [0.4, 0.5) is 0 Å². The van der Waals surface area contributed by atoms with Gasteiger partial charge in [0, 0.05) is 12.1 Å². The molecule has 1 aromatic carbocycles. The molecule has 0 spiro atoms. The van der Waals surface area contributed by atoms with E-state index >= 15 is 0 Å². The molecule has 0 aromatic heterocycles. The van der Waals surface area contributed by atoms with E-state index in [2.05, 4.69) is 10.6 Å². The first-order valence-corrected chi connectivity index (χ1v) is 7.33. The maximum absolute atomic E-state index is 12.4. The highest BCUT2D eigenvalue weighted by molar-refractivity contribution is 5.86. The molecule has 2 rings (SSSR count). The summed E-state index contributed by atoms with van der Waals surface area (Å²) in [5.74, 6) is 1.53. The molecule has 1 atom stereocenters. The molecular weight excluding hydrogens is 268 g/mol. The number of carbonyl (C=O) groups is 1. The number of piperidine rings is 1. The van der Waals surface area contributed by atoms with Gasteiger partial charge in [-0.3, -0.25) is 4.79 Å². The molecule has 1 unspecified atom stereocenters. The third-order valence-electron chi connectivity index (χ3n) is 4.05. The van der Waals surface area contributed by atoms with Gasteiger partial charge in [0.25, 0.3) is 0 Å². The molecule has 1 aliphatic heterocycles. The van der Waals surface area contributed by atoms with Crippen molar-refractivity contribution < 1.29 is 14.3 Å². The van der Waals surface area contributed by atoms with Gasteiger partial charge >= 0.3 is 0 Å². The fraction of sp³-hybridized carbons (Fsp3) is 0.562. The first-order valence-electron chi connectivity index (χ1n) is 7.33. The molecular formula is C16H24N2O3. The summed E-state index contributed by atoms with van der Waals surface area (Å²) in [6, 6.07) is 5.57. The number of benzene rings is 1. The van der Waals surface area contributed by atoms with E-state index in [4.69, 9.17) is 9.47 Å². The number of ether oxygens (including phenoxy) is 2. The minimum Gasteiger partial charge on any atom is -0.497 e. The second-order valence-corrected chi connectivity index (χ2v) is 5.58. The quantitative estimate of drug-likeness (QED) is 0.869. The van der Waals surface area contributed by atoms with Gasteiger partial charge in [0.1, 0.15) is 11.5 Å². The van der Waals surface area contributed by atoms with Gasteiger partial charge in [-0.2, -0.15) is 0 Å². The summed E-state index contributed by atoms with van der Waals surface area (Å²) in [4.78, 5) is 12.4. The molecule has 0 radical (unpaired) electrons. The highest BCUT2D eigenvalue weighted by atomic mass is 16.5. The Balaban J connectivity index is 2.03. The van der Waals surface area contributed by atoms with E-state index in [1.165, 1.54) is 0 Å². The second-order valence-electron chi connectivity index (χ2n) is 5.58. The Bertz CT molecular complexity index is 496. The van der Waals surface area contributed by atoms with Crippen LogP contribution in [0.5, 0.6) is 11.5 Å². The fourth-order valence-electron chi connectivity index (χ4n) is 2.64. The molecule has 1 saturated heterocycles. The van der Waals surface area contributed by atoms with Crippen LogP contribution in [0.25, 0.3) is 0 Å². The van der Waals surface area contributed by atoms with Crippen molar-refractivity contribution in [2.75, 3.05) is 20.8 Å². The van der Waals surface area contributed by atoms with E-state index in [-0.39, 0.29) is 5.91 Å². The van der Waals surface area contributed by atoms with Crippen LogP contribution in [0.15, 0.2) is 18.2 Å². The van der Waals surface area contributed by atoms with Crippen molar-refractivity contribution >= 4 is 5.91 Å². The molecule has 5 heteroatoms. The number of hydrogen-bond donors (Lipinski definition) is 2. The smallest absolute Gasteiger partial charge is 0.240 e. The molecule has 1 fully saturated rings. The zero-order valence-electron chi connectivity index (χ0n) is 13.0. The lowest BCUT2D eigenvalue weighted by Gasteiger charge is -2.33. The van der Waals surface area contributed by atoms with Crippen LogP contribution >= 0.6 is 0 Å². The predicted molar refractivity (Wildman–Crippen MR) is 81.7 cm³/mol. The van der Waals surface area contributed by atoms with Crippen molar-refractivity contribution in [2.45, 2.75) is 38.3 Å². The summed E-state index contributed by atoms with van der Waals surface area (Å²) < 4.78 is 10.5. The van der Waals surface area contributed by atoms with Crippen molar-refractivity contribution in [3.05, 3.63) is 23.8 Å². The van der Waals surface area contributed by atoms with Gasteiger partial charge < -0.3 is 20.1 Å². The van der Waals surface area contributed by atoms with Gasteiger partial charge in [0.05, 0.1) is 19.8 Å². The normalized spacial score (nSPS) is 21.7. The van der Waals surface area contributed by atoms with Gasteiger partial charge in [-0.15, -0.1) is 0 Å². The van der Waals surface area contributed by atoms with Crippen LogP contribution in [0.1, 0.15) is 31.7 Å². The Morgan fingerprint density at radius 3 is 2.76 bits per heavy atom. The van der Waals surface area contributed by atoms with Crippen molar-refractivity contribution in [3.63, 3.8) is 0 Å². The van der Waals surface area contributed by atoms with E-state index in [1.54, 1.807) is 14.2 Å². The largest absolute Gasteiger partial charge is 0.497 e. The predicted octanol–water partition coefficient (Wildman–Crippen LogP) is 1.85. The summed E-state index contributed by atoms with van der Waals surface area (Å²) in [6.07, 6.45) is 3.08. The van der Waals surface area contributed by atoms with Crippen LogP contribution in [-0.4, -0.2) is 32.2 Å². The van der Waals surface area contributed by atoms with Crippen molar-refractivity contribution in [1.29, 1.82) is 0 Å². The average molecular weight is 292 g/mol. The van der Waals surface area contributed by atoms with Gasteiger partial charge in [0.15, 0.2) is 0 Å². The molecule has 5 nitrogen and oxygen atoms in total. The molecule has 116 valence electrons. The van der Waals surface area contributed by atoms with Crippen LogP contribution in [-0.2, 0) is 11.3 Å². The molecule has 1 aliphatic rings. The van der Waals surface area contributed by atoms with E-state index in [0.717, 1.165) is 42.9 Å². The monoisotopic (exact) mass is 292 g/mol. The molecule has 0 saturated carbocycles. The van der Waals surface area contributed by atoms with Gasteiger partial charge in [-0.05, 0) is 50.9 Å². The van der Waals surface area contributed by atoms with Gasteiger partial charge in [0.2, 0.25) is 5.91 Å². The van der Waals surface area contributed by atoms with Crippen LogP contribution in [0, 0.1) is 0 Å². The first kappa shape index (κ1) is 15.6. The summed E-state index contributed by atoms with van der Waals surface area (Å²) in [5.41, 5.74) is 0.439. The van der Waals surface area contributed by atoms with E-state index in [9.17, 15) is 4.79 Å². The second kappa shape index (κ2) is 6.80. The zero-order chi connectivity index (χ0) is 15.3. The lowest BCUT2D eigenvalue weighted by Crippen LogP contribution is -2.56. The van der Waals surface area contributed by atoms with E-state index in [0.29, 0.717) is 6.54 Å². The minimum absolute atomic E-state index is 0.0343. The van der Waals surface area contributed by atoms with Crippen molar-refractivity contribution in [3.8, 4) is 11.5 Å². The Kier molecular flexibility index (Phi) is 5.07. The standard InChI is InChI=1S/C16H24N2O3/c1-16(8-4-5-9-18-16)15(19)17-11-12-10-13(20-2)6-7-14(12)21-3/h6-7,10,18H,4-5,8-9,11H2,1-3H3,(H,17,19). The fourth-order valence-corrected chi connectivity index (χ4v) is 2.64. The average Bonchev–Trinajstić information content (AvgIpc) is 2.52. The minimum atomic E-state index is -0.468. The molecule has 21 heavy (non-hydrogen) atoms. The van der Waals surface area contributed by atoms with Crippen molar-refractivity contribution in [1.82, 2.24) is 10.6 Å². The SMILES string of the molecule is COc1ccc(OC)c(CNC(=O)C2(C)CCCCN2)c1. The van der Waals surface area contributed by atoms with E-state index in [1.807, 2.05) is 25.1 Å². The highest BCUT2D eigenvalue weighted by Crippen LogP contribution is 2.24. The molecule has 1 aromatic rings. The zero-order valence-corrected chi connectivity index (χ0v) is 13.0. The third kappa shape index (κ3) is 3.67. The molecule has 0 aliphatic carbocycles. The topological polar surface area (TPSA) is 59.6 Å². The maximum atomic E-state index is 12.4. The molecule has 0 bridgehead atoms. The summed E-state index contributed by atoms with van der Waals surface area (Å²) in [5, 5.41) is 6.31. The summed E-state index contributed by atoms with van der Waals surface area (Å²) >= 11 is 0. The summed E-state index contributed by atoms with van der Waals surface area (Å²) in [7, 11) is 3.24. The number of methoxy groups -OCH3 is 2. The van der Waals surface area contributed by atoms with Crippen molar-refractivity contribution in [2.24, 2.45) is 0 Å². The highest BCUT2D eigenvalue weighted by Gasteiger charge is 2.33. The van der Waals surface area contributed by atoms with Gasteiger partial charge in [-0.25, -0.2) is 0 Å². The van der Waals surface area contributed by atoms with Gasteiger partial charge in [-0.1, -0.05) is 0 Å².